The third-order valence-corrected chi connectivity index (χ3v) is 3.14. The van der Waals surface area contributed by atoms with Crippen LogP contribution in [0, 0.1) is 12.7 Å². The van der Waals surface area contributed by atoms with Gasteiger partial charge in [-0.25, -0.2) is 4.39 Å². The summed E-state index contributed by atoms with van der Waals surface area (Å²) in [4.78, 5) is 2.33. The van der Waals surface area contributed by atoms with E-state index < -0.39 is 0 Å². The van der Waals surface area contributed by atoms with Gasteiger partial charge in [-0.05, 0) is 56.2 Å². The number of hydrogen-bond acceptors (Lipinski definition) is 2. The Morgan fingerprint density at radius 2 is 1.88 bits per heavy atom. The van der Waals surface area contributed by atoms with Crippen molar-refractivity contribution >= 4 is 0 Å². The number of rotatable bonds is 6. The summed E-state index contributed by atoms with van der Waals surface area (Å²) >= 11 is 0. The summed E-state index contributed by atoms with van der Waals surface area (Å²) < 4.78 is 13.3. The van der Waals surface area contributed by atoms with E-state index in [0.717, 1.165) is 37.2 Å². The van der Waals surface area contributed by atoms with Crippen LogP contribution in [0.15, 0.2) is 18.2 Å². The van der Waals surface area contributed by atoms with E-state index in [4.69, 9.17) is 5.73 Å². The quantitative estimate of drug-likeness (QED) is 0.825. The zero-order chi connectivity index (χ0) is 12.8. The van der Waals surface area contributed by atoms with Gasteiger partial charge in [0.05, 0.1) is 0 Å². The molecule has 0 saturated carbocycles. The Bertz CT molecular complexity index is 328. The van der Waals surface area contributed by atoms with Crippen LogP contribution in [0.3, 0.4) is 0 Å². The van der Waals surface area contributed by atoms with E-state index in [9.17, 15) is 4.39 Å². The lowest BCUT2D eigenvalue weighted by molar-refractivity contribution is 0.290. The number of nitrogens with zero attached hydrogens (tertiary/aromatic N) is 1. The van der Waals surface area contributed by atoms with Gasteiger partial charge in [0.25, 0.3) is 0 Å². The maximum absolute atomic E-state index is 13.3. The molecule has 2 nitrogen and oxygen atoms in total. The molecule has 0 bridgehead atoms. The second kappa shape index (κ2) is 6.72. The molecule has 0 heterocycles. The van der Waals surface area contributed by atoms with E-state index in [0.29, 0.717) is 0 Å². The van der Waals surface area contributed by atoms with Gasteiger partial charge in [-0.15, -0.1) is 0 Å². The van der Waals surface area contributed by atoms with Crippen molar-refractivity contribution < 1.29 is 4.39 Å². The zero-order valence-corrected chi connectivity index (χ0v) is 11.0. The number of halogens is 1. The lowest BCUT2D eigenvalue weighted by atomic mass is 10.0. The van der Waals surface area contributed by atoms with Gasteiger partial charge in [0, 0.05) is 6.04 Å². The third-order valence-electron chi connectivity index (χ3n) is 3.14. The van der Waals surface area contributed by atoms with E-state index in [2.05, 4.69) is 18.7 Å². The Kier molecular flexibility index (Phi) is 5.59. The summed E-state index contributed by atoms with van der Waals surface area (Å²) in [6, 6.07) is 4.96. The average molecular weight is 238 g/mol. The first kappa shape index (κ1) is 14.1. The molecule has 1 unspecified atom stereocenters. The fourth-order valence-electron chi connectivity index (χ4n) is 2.01. The van der Waals surface area contributed by atoms with Crippen molar-refractivity contribution in [1.29, 1.82) is 0 Å². The lowest BCUT2D eigenvalue weighted by Crippen LogP contribution is -2.27. The van der Waals surface area contributed by atoms with E-state index in [1.54, 1.807) is 6.07 Å². The van der Waals surface area contributed by atoms with Crippen LogP contribution in [0.5, 0.6) is 0 Å². The van der Waals surface area contributed by atoms with Crippen molar-refractivity contribution in [2.75, 3.05) is 19.6 Å². The topological polar surface area (TPSA) is 29.3 Å². The minimum atomic E-state index is -0.196. The van der Waals surface area contributed by atoms with Gasteiger partial charge in [-0.3, -0.25) is 0 Å². The number of hydrogen-bond donors (Lipinski definition) is 1. The molecule has 0 radical (unpaired) electrons. The predicted molar refractivity (Wildman–Crippen MR) is 70.5 cm³/mol. The van der Waals surface area contributed by atoms with Crippen LogP contribution in [-0.4, -0.2) is 24.5 Å². The molecule has 0 aliphatic rings. The number of aryl methyl sites for hydroxylation is 1. The van der Waals surface area contributed by atoms with Crippen molar-refractivity contribution in [1.82, 2.24) is 4.90 Å². The van der Waals surface area contributed by atoms with Crippen LogP contribution in [0.4, 0.5) is 4.39 Å². The van der Waals surface area contributed by atoms with Crippen molar-refractivity contribution in [2.45, 2.75) is 33.2 Å². The second-order valence-electron chi connectivity index (χ2n) is 4.48. The summed E-state index contributed by atoms with van der Waals surface area (Å²) in [5.41, 5.74) is 7.92. The fourth-order valence-corrected chi connectivity index (χ4v) is 2.01. The van der Waals surface area contributed by atoms with Crippen molar-refractivity contribution in [3.63, 3.8) is 0 Å². The van der Waals surface area contributed by atoms with Crippen LogP contribution in [-0.2, 0) is 0 Å². The summed E-state index contributed by atoms with van der Waals surface area (Å²) in [6.45, 7) is 9.20. The Labute approximate surface area is 104 Å². The van der Waals surface area contributed by atoms with E-state index >= 15 is 0 Å². The van der Waals surface area contributed by atoms with Gasteiger partial charge in [0.1, 0.15) is 5.82 Å². The van der Waals surface area contributed by atoms with Crippen LogP contribution in [0.25, 0.3) is 0 Å². The maximum atomic E-state index is 13.3. The summed E-state index contributed by atoms with van der Waals surface area (Å²) in [6.07, 6.45) is 0.866. The first-order valence-electron chi connectivity index (χ1n) is 6.31. The molecule has 17 heavy (non-hydrogen) atoms. The normalized spacial score (nSPS) is 13.1. The molecule has 3 heteroatoms. The molecule has 0 spiro atoms. The molecule has 0 aliphatic carbocycles. The van der Waals surface area contributed by atoms with Crippen LogP contribution >= 0.6 is 0 Å². The molecule has 1 aromatic rings. The van der Waals surface area contributed by atoms with Gasteiger partial charge in [0.15, 0.2) is 0 Å². The molecule has 1 aromatic carbocycles. The molecule has 0 fully saturated rings. The highest BCUT2D eigenvalue weighted by Crippen LogP contribution is 2.17. The monoisotopic (exact) mass is 238 g/mol. The standard InChI is InChI=1S/C14H23FN2/c1-4-17(5-2)7-6-14(16)12-8-11(3)9-13(15)10-12/h8-10,14H,4-7,16H2,1-3H3. The van der Waals surface area contributed by atoms with E-state index in [1.165, 1.54) is 6.07 Å². The molecule has 0 aliphatic heterocycles. The molecule has 0 aromatic heterocycles. The van der Waals surface area contributed by atoms with Crippen LogP contribution in [0.2, 0.25) is 0 Å². The Morgan fingerprint density at radius 1 is 1.24 bits per heavy atom. The maximum Gasteiger partial charge on any atom is 0.123 e. The molecule has 2 N–H and O–H groups in total. The minimum absolute atomic E-state index is 0.0787. The molecule has 96 valence electrons. The van der Waals surface area contributed by atoms with Gasteiger partial charge >= 0.3 is 0 Å². The average Bonchev–Trinajstić information content (AvgIpc) is 2.28. The Morgan fingerprint density at radius 3 is 2.41 bits per heavy atom. The number of benzene rings is 1. The second-order valence-corrected chi connectivity index (χ2v) is 4.48. The van der Waals surface area contributed by atoms with Gasteiger partial charge in [-0.2, -0.15) is 0 Å². The molecule has 0 amide bonds. The van der Waals surface area contributed by atoms with Gasteiger partial charge < -0.3 is 10.6 Å². The molecule has 1 rings (SSSR count). The van der Waals surface area contributed by atoms with Gasteiger partial charge in [-0.1, -0.05) is 19.9 Å². The predicted octanol–water partition coefficient (Wildman–Crippen LogP) is 2.87. The summed E-state index contributed by atoms with van der Waals surface area (Å²) in [5, 5.41) is 0. The highest BCUT2D eigenvalue weighted by atomic mass is 19.1. The number of nitrogens with two attached hydrogens (primary N) is 1. The summed E-state index contributed by atoms with van der Waals surface area (Å²) in [5.74, 6) is -0.196. The fraction of sp³-hybridized carbons (Fsp3) is 0.571. The Hall–Kier alpha value is -0.930. The molecule has 0 saturated heterocycles. The van der Waals surface area contributed by atoms with Crippen LogP contribution in [0.1, 0.15) is 37.4 Å². The smallest absolute Gasteiger partial charge is 0.123 e. The molecule has 1 atom stereocenters. The molecular weight excluding hydrogens is 215 g/mol. The first-order chi connectivity index (χ1) is 8.06. The molecular formula is C14H23FN2. The van der Waals surface area contributed by atoms with Crippen molar-refractivity contribution in [2.24, 2.45) is 5.73 Å². The highest BCUT2D eigenvalue weighted by Gasteiger charge is 2.09. The zero-order valence-electron chi connectivity index (χ0n) is 11.0. The first-order valence-corrected chi connectivity index (χ1v) is 6.31. The SMILES string of the molecule is CCN(CC)CCC(N)c1cc(C)cc(F)c1. The highest BCUT2D eigenvalue weighted by molar-refractivity contribution is 5.26. The summed E-state index contributed by atoms with van der Waals surface area (Å²) in [7, 11) is 0. The van der Waals surface area contributed by atoms with Crippen molar-refractivity contribution in [3.05, 3.63) is 35.1 Å². The Balaban J connectivity index is 2.60. The third kappa shape index (κ3) is 4.44. The van der Waals surface area contributed by atoms with Crippen molar-refractivity contribution in [3.8, 4) is 0 Å². The van der Waals surface area contributed by atoms with Crippen LogP contribution < -0.4 is 5.73 Å². The largest absolute Gasteiger partial charge is 0.324 e. The van der Waals surface area contributed by atoms with Gasteiger partial charge in [0.2, 0.25) is 0 Å². The lowest BCUT2D eigenvalue weighted by Gasteiger charge is -2.21. The van der Waals surface area contributed by atoms with E-state index in [-0.39, 0.29) is 11.9 Å². The minimum Gasteiger partial charge on any atom is -0.324 e. The van der Waals surface area contributed by atoms with E-state index in [1.807, 2.05) is 13.0 Å².